The molecule has 0 fully saturated rings. The van der Waals surface area contributed by atoms with Gasteiger partial charge in [-0.05, 0) is 37.5 Å². The highest BCUT2D eigenvalue weighted by Gasteiger charge is 2.40. The van der Waals surface area contributed by atoms with Gasteiger partial charge in [0.15, 0.2) is 0 Å². The fourth-order valence-corrected chi connectivity index (χ4v) is 2.22. The Kier molecular flexibility index (Phi) is 7.32. The van der Waals surface area contributed by atoms with Crippen LogP contribution >= 0.6 is 0 Å². The van der Waals surface area contributed by atoms with Crippen LogP contribution < -0.4 is 5.73 Å². The number of carbonyl (C=O) groups excluding carboxylic acids is 1. The fourth-order valence-electron chi connectivity index (χ4n) is 2.22. The van der Waals surface area contributed by atoms with Gasteiger partial charge in [0.05, 0.1) is 6.61 Å². The summed E-state index contributed by atoms with van der Waals surface area (Å²) in [5, 5.41) is 0. The van der Waals surface area contributed by atoms with Gasteiger partial charge in [0.1, 0.15) is 11.2 Å². The second kappa shape index (κ2) is 8.74. The van der Waals surface area contributed by atoms with Crippen molar-refractivity contribution in [2.75, 3.05) is 26.4 Å². The van der Waals surface area contributed by atoms with Gasteiger partial charge in [-0.3, -0.25) is 4.79 Å². The van der Waals surface area contributed by atoms with Crippen LogP contribution in [-0.2, 0) is 19.7 Å². The molecule has 0 amide bonds. The third kappa shape index (κ3) is 4.51. The fraction of sp³-hybridized carbons (Fsp3) is 0.562. The summed E-state index contributed by atoms with van der Waals surface area (Å²) in [4.78, 5) is 12.4. The molecule has 0 aromatic heterocycles. The summed E-state index contributed by atoms with van der Waals surface area (Å²) in [6.45, 7) is 5.04. The van der Waals surface area contributed by atoms with Gasteiger partial charge >= 0.3 is 5.97 Å². The van der Waals surface area contributed by atoms with E-state index in [9.17, 15) is 9.18 Å². The molecule has 5 heteroatoms. The molecular formula is C16H24FNO3. The van der Waals surface area contributed by atoms with Crippen LogP contribution in [0.1, 0.15) is 32.3 Å². The minimum atomic E-state index is -1.06. The van der Waals surface area contributed by atoms with Gasteiger partial charge in [0.2, 0.25) is 0 Å². The van der Waals surface area contributed by atoms with Crippen molar-refractivity contribution in [2.24, 2.45) is 5.73 Å². The zero-order valence-corrected chi connectivity index (χ0v) is 12.7. The minimum absolute atomic E-state index is 0.0464. The van der Waals surface area contributed by atoms with Crippen molar-refractivity contribution >= 4 is 5.97 Å². The molecule has 4 nitrogen and oxygen atoms in total. The van der Waals surface area contributed by atoms with Crippen LogP contribution in [0.2, 0.25) is 0 Å². The largest absolute Gasteiger partial charge is 0.465 e. The summed E-state index contributed by atoms with van der Waals surface area (Å²) in [6.07, 6.45) is 1.26. The molecule has 0 saturated heterocycles. The van der Waals surface area contributed by atoms with E-state index < -0.39 is 17.2 Å². The second-order valence-corrected chi connectivity index (χ2v) is 4.88. The first-order chi connectivity index (χ1) is 10.1. The van der Waals surface area contributed by atoms with Crippen LogP contribution in [-0.4, -0.2) is 32.3 Å². The Balaban J connectivity index is 3.04. The van der Waals surface area contributed by atoms with Crippen molar-refractivity contribution < 1.29 is 18.7 Å². The smallest absolute Gasteiger partial charge is 0.317 e. The van der Waals surface area contributed by atoms with E-state index in [-0.39, 0.29) is 13.2 Å². The molecule has 0 radical (unpaired) electrons. The van der Waals surface area contributed by atoms with Crippen LogP contribution in [0.3, 0.4) is 0 Å². The first-order valence-electron chi connectivity index (χ1n) is 7.31. The molecule has 0 heterocycles. The van der Waals surface area contributed by atoms with Gasteiger partial charge in [-0.2, -0.15) is 0 Å². The highest BCUT2D eigenvalue weighted by molar-refractivity contribution is 5.83. The van der Waals surface area contributed by atoms with E-state index >= 15 is 0 Å². The van der Waals surface area contributed by atoms with Crippen LogP contribution in [0.15, 0.2) is 24.3 Å². The number of nitrogens with two attached hydrogens (primary N) is 1. The molecule has 118 valence electrons. The maximum Gasteiger partial charge on any atom is 0.317 e. The number of benzene rings is 1. The zero-order chi connectivity index (χ0) is 15.7. The quantitative estimate of drug-likeness (QED) is 0.561. The van der Waals surface area contributed by atoms with E-state index in [2.05, 4.69) is 0 Å². The van der Waals surface area contributed by atoms with E-state index in [1.165, 1.54) is 12.1 Å². The minimum Gasteiger partial charge on any atom is -0.465 e. The van der Waals surface area contributed by atoms with Crippen molar-refractivity contribution in [1.82, 2.24) is 0 Å². The Morgan fingerprint density at radius 1 is 1.33 bits per heavy atom. The molecule has 1 rings (SSSR count). The Labute approximate surface area is 125 Å². The summed E-state index contributed by atoms with van der Waals surface area (Å²) in [5.41, 5.74) is 5.32. The average Bonchev–Trinajstić information content (AvgIpc) is 2.48. The van der Waals surface area contributed by atoms with E-state index in [4.69, 9.17) is 15.2 Å². The van der Waals surface area contributed by atoms with E-state index in [1.807, 2.05) is 6.92 Å². The van der Waals surface area contributed by atoms with Gasteiger partial charge in [-0.1, -0.05) is 19.1 Å². The molecule has 1 aromatic rings. The highest BCUT2D eigenvalue weighted by atomic mass is 19.1. The Hall–Kier alpha value is -1.46. The van der Waals surface area contributed by atoms with Gasteiger partial charge in [-0.15, -0.1) is 0 Å². The van der Waals surface area contributed by atoms with Crippen molar-refractivity contribution in [1.29, 1.82) is 0 Å². The van der Waals surface area contributed by atoms with E-state index in [1.54, 1.807) is 19.1 Å². The lowest BCUT2D eigenvalue weighted by Crippen LogP contribution is -2.45. The molecule has 1 atom stereocenters. The lowest BCUT2D eigenvalue weighted by molar-refractivity contribution is -0.150. The predicted molar refractivity (Wildman–Crippen MR) is 79.5 cm³/mol. The molecule has 0 saturated carbocycles. The maximum absolute atomic E-state index is 13.5. The Morgan fingerprint density at radius 3 is 2.67 bits per heavy atom. The van der Waals surface area contributed by atoms with Crippen molar-refractivity contribution in [3.63, 3.8) is 0 Å². The molecule has 1 aromatic carbocycles. The van der Waals surface area contributed by atoms with Crippen LogP contribution in [0, 0.1) is 5.82 Å². The van der Waals surface area contributed by atoms with E-state index in [0.29, 0.717) is 25.2 Å². The van der Waals surface area contributed by atoms with Gasteiger partial charge in [0.25, 0.3) is 0 Å². The van der Waals surface area contributed by atoms with Gasteiger partial charge in [-0.25, -0.2) is 4.39 Å². The van der Waals surface area contributed by atoms with E-state index in [0.717, 1.165) is 6.42 Å². The number of esters is 1. The summed E-state index contributed by atoms with van der Waals surface area (Å²) in [5.74, 6) is -0.831. The lowest BCUT2D eigenvalue weighted by atomic mass is 9.77. The summed E-state index contributed by atoms with van der Waals surface area (Å²) in [7, 11) is 0. The summed E-state index contributed by atoms with van der Waals surface area (Å²) < 4.78 is 24.1. The highest BCUT2D eigenvalue weighted by Crippen LogP contribution is 2.29. The van der Waals surface area contributed by atoms with Crippen molar-refractivity contribution in [3.8, 4) is 0 Å². The molecule has 1 unspecified atom stereocenters. The standard InChI is InChI=1S/C16H24FNO3/c1-3-9-20-10-8-16(12-18,15(19)21-4-2)13-6-5-7-14(17)11-13/h5-7,11H,3-4,8-10,12,18H2,1-2H3. The Morgan fingerprint density at radius 2 is 2.10 bits per heavy atom. The molecule has 0 aliphatic carbocycles. The van der Waals surface area contributed by atoms with Crippen molar-refractivity contribution in [3.05, 3.63) is 35.6 Å². The summed E-state index contributed by atoms with van der Waals surface area (Å²) in [6, 6.07) is 5.95. The van der Waals surface area contributed by atoms with Crippen molar-refractivity contribution in [2.45, 2.75) is 32.1 Å². The molecule has 0 aliphatic heterocycles. The first kappa shape index (κ1) is 17.6. The average molecular weight is 297 g/mol. The first-order valence-corrected chi connectivity index (χ1v) is 7.31. The molecule has 0 aliphatic rings. The molecule has 21 heavy (non-hydrogen) atoms. The number of ether oxygens (including phenoxy) is 2. The third-order valence-corrected chi connectivity index (χ3v) is 3.41. The molecular weight excluding hydrogens is 273 g/mol. The van der Waals surface area contributed by atoms with Crippen LogP contribution in [0.25, 0.3) is 0 Å². The number of hydrogen-bond donors (Lipinski definition) is 1. The van der Waals surface area contributed by atoms with Crippen LogP contribution in [0.5, 0.6) is 0 Å². The Bertz CT molecular complexity index is 453. The normalized spacial score (nSPS) is 13.7. The molecule has 2 N–H and O–H groups in total. The molecule has 0 bridgehead atoms. The number of rotatable bonds is 9. The SMILES string of the molecule is CCCOCCC(CN)(C(=O)OCC)c1cccc(F)c1. The lowest BCUT2D eigenvalue weighted by Gasteiger charge is -2.30. The predicted octanol–water partition coefficient (Wildman–Crippen LogP) is 2.40. The third-order valence-electron chi connectivity index (χ3n) is 3.41. The second-order valence-electron chi connectivity index (χ2n) is 4.88. The summed E-state index contributed by atoms with van der Waals surface area (Å²) >= 11 is 0. The number of halogens is 1. The molecule has 0 spiro atoms. The topological polar surface area (TPSA) is 61.5 Å². The number of carbonyl (C=O) groups is 1. The number of hydrogen-bond acceptors (Lipinski definition) is 4. The monoisotopic (exact) mass is 297 g/mol. The zero-order valence-electron chi connectivity index (χ0n) is 12.7. The maximum atomic E-state index is 13.5. The van der Waals surface area contributed by atoms with Gasteiger partial charge < -0.3 is 15.2 Å². The van der Waals surface area contributed by atoms with Crippen LogP contribution in [0.4, 0.5) is 4.39 Å². The van der Waals surface area contributed by atoms with Gasteiger partial charge in [0, 0.05) is 19.8 Å².